The lowest BCUT2D eigenvalue weighted by molar-refractivity contribution is 1.30. The van der Waals surface area contributed by atoms with Crippen molar-refractivity contribution in [2.24, 2.45) is 0 Å². The van der Waals surface area contributed by atoms with Crippen molar-refractivity contribution >= 4 is 84.1 Å². The SMILES string of the molecule is c1ccc2cc(-c3ccc4cc(N(c5ccc6nsnc6c5)c5ccc6nsnc6c5)ccc4c3)ccc2c1. The Labute approximate surface area is 232 Å². The first-order valence-corrected chi connectivity index (χ1v) is 14.0. The third-order valence-corrected chi connectivity index (χ3v) is 8.27. The Morgan fingerprint density at radius 2 is 0.846 bits per heavy atom. The van der Waals surface area contributed by atoms with Gasteiger partial charge in [0.05, 0.1) is 23.5 Å². The molecule has 0 spiro atoms. The monoisotopic (exact) mass is 537 g/mol. The molecule has 0 amide bonds. The highest BCUT2D eigenvalue weighted by Crippen LogP contribution is 2.39. The summed E-state index contributed by atoms with van der Waals surface area (Å²) in [5, 5.41) is 4.88. The summed E-state index contributed by atoms with van der Waals surface area (Å²) in [5.41, 5.74) is 9.11. The number of nitrogens with zero attached hydrogens (tertiary/aromatic N) is 5. The minimum atomic E-state index is 0.889. The molecule has 2 heterocycles. The molecule has 7 heteroatoms. The van der Waals surface area contributed by atoms with E-state index in [0.717, 1.165) is 39.1 Å². The van der Waals surface area contributed by atoms with Crippen LogP contribution >= 0.6 is 23.5 Å². The van der Waals surface area contributed by atoms with Gasteiger partial charge in [0.25, 0.3) is 0 Å². The molecule has 5 nitrogen and oxygen atoms in total. The van der Waals surface area contributed by atoms with E-state index in [9.17, 15) is 0 Å². The molecule has 8 rings (SSSR count). The average molecular weight is 538 g/mol. The van der Waals surface area contributed by atoms with Crippen LogP contribution < -0.4 is 4.90 Å². The van der Waals surface area contributed by atoms with Gasteiger partial charge in [0.2, 0.25) is 0 Å². The second-order valence-corrected chi connectivity index (χ2v) is 10.6. The number of rotatable bonds is 4. The molecule has 0 aliphatic rings. The maximum atomic E-state index is 4.48. The van der Waals surface area contributed by atoms with Crippen molar-refractivity contribution in [1.29, 1.82) is 0 Å². The van der Waals surface area contributed by atoms with Crippen LogP contribution in [0.2, 0.25) is 0 Å². The van der Waals surface area contributed by atoms with Gasteiger partial charge in [-0.2, -0.15) is 17.5 Å². The van der Waals surface area contributed by atoms with E-state index < -0.39 is 0 Å². The normalized spacial score (nSPS) is 11.6. The molecule has 6 aromatic carbocycles. The number of aromatic nitrogens is 4. The Morgan fingerprint density at radius 1 is 0.385 bits per heavy atom. The Hall–Kier alpha value is -4.72. The standard InChI is InChI=1S/C32H19N5S2/c1-2-4-21-15-22(6-5-20(21)3-1)23-7-8-25-17-26(10-9-24(25)16-23)37(27-11-13-29-31(18-27)35-38-33-29)28-12-14-30-32(19-28)36-39-34-30/h1-19H. The van der Waals surface area contributed by atoms with Gasteiger partial charge in [0, 0.05) is 17.1 Å². The van der Waals surface area contributed by atoms with Gasteiger partial charge in [0.1, 0.15) is 22.1 Å². The fourth-order valence-corrected chi connectivity index (χ4v) is 6.22. The van der Waals surface area contributed by atoms with Gasteiger partial charge in [-0.25, -0.2) is 0 Å². The summed E-state index contributed by atoms with van der Waals surface area (Å²) in [6, 6.07) is 40.9. The first-order valence-electron chi connectivity index (χ1n) is 12.6. The lowest BCUT2D eigenvalue weighted by Gasteiger charge is -2.25. The predicted octanol–water partition coefficient (Wildman–Crippen LogP) is 9.14. The number of anilines is 3. The predicted molar refractivity (Wildman–Crippen MR) is 164 cm³/mol. The van der Waals surface area contributed by atoms with Crippen molar-refractivity contribution in [1.82, 2.24) is 17.5 Å². The summed E-state index contributed by atoms with van der Waals surface area (Å²) in [6.07, 6.45) is 0. The minimum Gasteiger partial charge on any atom is -0.310 e. The molecule has 0 atom stereocenters. The van der Waals surface area contributed by atoms with Gasteiger partial charge < -0.3 is 4.90 Å². The van der Waals surface area contributed by atoms with Gasteiger partial charge in [0.15, 0.2) is 0 Å². The first-order chi connectivity index (χ1) is 19.3. The fourth-order valence-electron chi connectivity index (χ4n) is 5.19. The molecule has 0 N–H and O–H groups in total. The first kappa shape index (κ1) is 22.3. The van der Waals surface area contributed by atoms with Gasteiger partial charge in [-0.3, -0.25) is 0 Å². The van der Waals surface area contributed by atoms with Crippen LogP contribution in [-0.4, -0.2) is 17.5 Å². The smallest absolute Gasteiger partial charge is 0.106 e. The lowest BCUT2D eigenvalue weighted by Crippen LogP contribution is -2.10. The van der Waals surface area contributed by atoms with E-state index in [1.165, 1.54) is 56.1 Å². The third kappa shape index (κ3) is 3.91. The average Bonchev–Trinajstić information content (AvgIpc) is 3.66. The lowest BCUT2D eigenvalue weighted by atomic mass is 9.98. The molecular weight excluding hydrogens is 519 g/mol. The van der Waals surface area contributed by atoms with Gasteiger partial charge in [-0.15, -0.1) is 0 Å². The van der Waals surface area contributed by atoms with Crippen LogP contribution in [0.1, 0.15) is 0 Å². The van der Waals surface area contributed by atoms with E-state index in [4.69, 9.17) is 0 Å². The largest absolute Gasteiger partial charge is 0.310 e. The molecule has 0 radical (unpaired) electrons. The molecule has 184 valence electrons. The van der Waals surface area contributed by atoms with Crippen molar-refractivity contribution in [3.05, 3.63) is 115 Å². The molecule has 0 aliphatic carbocycles. The topological polar surface area (TPSA) is 54.8 Å². The Morgan fingerprint density at radius 3 is 1.51 bits per heavy atom. The van der Waals surface area contributed by atoms with Gasteiger partial charge in [-0.05, 0) is 93.3 Å². The molecule has 0 saturated heterocycles. The molecule has 0 saturated carbocycles. The van der Waals surface area contributed by atoms with Crippen molar-refractivity contribution in [3.63, 3.8) is 0 Å². The minimum absolute atomic E-state index is 0.889. The highest BCUT2D eigenvalue weighted by molar-refractivity contribution is 7.00. The number of benzene rings is 6. The van der Waals surface area contributed by atoms with Crippen LogP contribution in [0.25, 0.3) is 54.7 Å². The summed E-state index contributed by atoms with van der Waals surface area (Å²) in [4.78, 5) is 2.24. The summed E-state index contributed by atoms with van der Waals surface area (Å²) >= 11 is 2.47. The Balaban J connectivity index is 1.25. The fraction of sp³-hybridized carbons (Fsp3) is 0. The van der Waals surface area contributed by atoms with Crippen molar-refractivity contribution < 1.29 is 0 Å². The van der Waals surface area contributed by atoms with Crippen LogP contribution in [0.15, 0.2) is 115 Å². The van der Waals surface area contributed by atoms with Crippen LogP contribution in [0, 0.1) is 0 Å². The van der Waals surface area contributed by atoms with Crippen LogP contribution in [0.4, 0.5) is 17.1 Å². The summed E-state index contributed by atoms with van der Waals surface area (Å²) < 4.78 is 17.7. The van der Waals surface area contributed by atoms with E-state index in [2.05, 4.69) is 126 Å². The zero-order valence-electron chi connectivity index (χ0n) is 20.5. The van der Waals surface area contributed by atoms with Crippen LogP contribution in [0.5, 0.6) is 0 Å². The Bertz CT molecular complexity index is 2090. The van der Waals surface area contributed by atoms with Crippen molar-refractivity contribution in [3.8, 4) is 11.1 Å². The van der Waals surface area contributed by atoms with E-state index in [-0.39, 0.29) is 0 Å². The molecule has 0 aliphatic heterocycles. The van der Waals surface area contributed by atoms with Gasteiger partial charge >= 0.3 is 0 Å². The van der Waals surface area contributed by atoms with Crippen molar-refractivity contribution in [2.75, 3.05) is 4.90 Å². The maximum Gasteiger partial charge on any atom is 0.106 e. The number of hydrogen-bond donors (Lipinski definition) is 0. The second kappa shape index (κ2) is 8.94. The Kier molecular flexibility index (Phi) is 5.11. The van der Waals surface area contributed by atoms with E-state index in [1.54, 1.807) is 0 Å². The summed E-state index contributed by atoms with van der Waals surface area (Å²) in [7, 11) is 0. The van der Waals surface area contributed by atoms with Gasteiger partial charge in [-0.1, -0.05) is 54.6 Å². The summed E-state index contributed by atoms with van der Waals surface area (Å²) in [6.45, 7) is 0. The summed E-state index contributed by atoms with van der Waals surface area (Å²) in [5.74, 6) is 0. The van der Waals surface area contributed by atoms with E-state index >= 15 is 0 Å². The second-order valence-electron chi connectivity index (χ2n) is 9.52. The number of hydrogen-bond acceptors (Lipinski definition) is 7. The molecule has 0 bridgehead atoms. The number of fused-ring (bicyclic) bond motifs is 4. The molecule has 8 aromatic rings. The highest BCUT2D eigenvalue weighted by atomic mass is 32.1. The molecule has 2 aromatic heterocycles. The molecular formula is C32H19N5S2. The van der Waals surface area contributed by atoms with E-state index in [0.29, 0.717) is 0 Å². The van der Waals surface area contributed by atoms with Crippen LogP contribution in [0.3, 0.4) is 0 Å². The molecule has 39 heavy (non-hydrogen) atoms. The van der Waals surface area contributed by atoms with Crippen molar-refractivity contribution in [2.45, 2.75) is 0 Å². The molecule has 0 unspecified atom stereocenters. The van der Waals surface area contributed by atoms with E-state index in [1.807, 2.05) is 12.1 Å². The van der Waals surface area contributed by atoms with Crippen LogP contribution in [-0.2, 0) is 0 Å². The zero-order valence-corrected chi connectivity index (χ0v) is 22.2. The maximum absolute atomic E-state index is 4.48. The zero-order chi connectivity index (χ0) is 25.8. The highest BCUT2D eigenvalue weighted by Gasteiger charge is 2.16. The third-order valence-electron chi connectivity index (χ3n) is 7.16. The molecule has 0 fully saturated rings. The quantitative estimate of drug-likeness (QED) is 0.224.